The van der Waals surface area contributed by atoms with Crippen molar-refractivity contribution in [3.8, 4) is 11.4 Å². The predicted molar refractivity (Wildman–Crippen MR) is 112 cm³/mol. The number of rotatable bonds is 4. The third-order valence-electron chi connectivity index (χ3n) is 6.23. The zero-order valence-corrected chi connectivity index (χ0v) is 17.3. The number of benzene rings is 1. The Hall–Kier alpha value is -3.56. The maximum atomic E-state index is 14.3. The van der Waals surface area contributed by atoms with E-state index < -0.39 is 17.6 Å². The van der Waals surface area contributed by atoms with Gasteiger partial charge >= 0.3 is 6.18 Å². The molecular formula is C23H19F4N5O. The first kappa shape index (κ1) is 21.3. The molecule has 3 unspecified atom stereocenters. The van der Waals surface area contributed by atoms with Gasteiger partial charge in [-0.25, -0.2) is 19.3 Å². The topological polar surface area (TPSA) is 71.0 Å². The minimum atomic E-state index is -4.67. The van der Waals surface area contributed by atoms with E-state index in [1.165, 1.54) is 0 Å². The van der Waals surface area contributed by atoms with Gasteiger partial charge < -0.3 is 10.2 Å². The molecular weight excluding hydrogens is 438 g/mol. The van der Waals surface area contributed by atoms with Crippen LogP contribution in [0.4, 0.5) is 23.4 Å². The van der Waals surface area contributed by atoms with Gasteiger partial charge in [0, 0.05) is 30.2 Å². The number of amides is 1. The molecule has 10 heteroatoms. The molecule has 5 rings (SSSR count). The summed E-state index contributed by atoms with van der Waals surface area (Å²) in [4.78, 5) is 27.5. The summed E-state index contributed by atoms with van der Waals surface area (Å²) in [7, 11) is 0. The van der Waals surface area contributed by atoms with Crippen molar-refractivity contribution in [3.05, 3.63) is 71.9 Å². The van der Waals surface area contributed by atoms with Crippen molar-refractivity contribution in [3.63, 3.8) is 0 Å². The number of hydrogen-bond acceptors (Lipinski definition) is 5. The van der Waals surface area contributed by atoms with Crippen molar-refractivity contribution in [1.29, 1.82) is 0 Å². The van der Waals surface area contributed by atoms with Gasteiger partial charge in [-0.3, -0.25) is 4.79 Å². The Morgan fingerprint density at radius 1 is 1.06 bits per heavy atom. The molecule has 0 saturated carbocycles. The lowest BCUT2D eigenvalue weighted by Crippen LogP contribution is -2.40. The highest BCUT2D eigenvalue weighted by Crippen LogP contribution is 2.41. The molecule has 1 aromatic carbocycles. The number of hydrogen-bond donors (Lipinski definition) is 1. The third-order valence-corrected chi connectivity index (χ3v) is 6.23. The number of halogens is 4. The van der Waals surface area contributed by atoms with Crippen LogP contribution in [0, 0.1) is 5.82 Å². The lowest BCUT2D eigenvalue weighted by atomic mass is 9.95. The van der Waals surface area contributed by atoms with Crippen molar-refractivity contribution in [1.82, 2.24) is 19.9 Å². The number of nitrogens with zero attached hydrogens (tertiary/aromatic N) is 4. The van der Waals surface area contributed by atoms with Gasteiger partial charge in [0.25, 0.3) is 5.91 Å². The zero-order chi connectivity index (χ0) is 23.2. The number of alkyl halides is 3. The van der Waals surface area contributed by atoms with Gasteiger partial charge in [0.1, 0.15) is 0 Å². The van der Waals surface area contributed by atoms with Crippen LogP contribution < -0.4 is 5.32 Å². The molecule has 33 heavy (non-hydrogen) atoms. The maximum absolute atomic E-state index is 14.3. The minimum Gasteiger partial charge on any atom is -0.363 e. The Balaban J connectivity index is 1.38. The zero-order valence-electron chi connectivity index (χ0n) is 17.3. The monoisotopic (exact) mass is 457 g/mol. The highest BCUT2D eigenvalue weighted by Gasteiger charge is 2.49. The van der Waals surface area contributed by atoms with Crippen molar-refractivity contribution >= 4 is 11.7 Å². The average Bonchev–Trinajstić information content (AvgIpc) is 3.37. The minimum absolute atomic E-state index is 0.0535. The van der Waals surface area contributed by atoms with E-state index in [1.54, 1.807) is 41.6 Å². The van der Waals surface area contributed by atoms with Crippen LogP contribution in [0.1, 0.15) is 35.2 Å². The second kappa shape index (κ2) is 8.09. The molecule has 1 N–H and O–H groups in total. The van der Waals surface area contributed by atoms with Crippen LogP contribution in [0.5, 0.6) is 0 Å². The van der Waals surface area contributed by atoms with Crippen LogP contribution in [-0.2, 0) is 6.18 Å². The Kier molecular flexibility index (Phi) is 5.22. The largest absolute Gasteiger partial charge is 0.417 e. The standard InChI is InChI=1S/C23H19F4N5O/c24-17-10-13(23(25,26)27)12-30-21(17)31-18-11-14-6-7-19(18)32(14)22(33)16-5-2-1-4-15(16)20-28-8-3-9-29-20/h1-5,8-10,12,14,18-19H,6-7,11H2,(H,30,31). The number of nitrogens with one attached hydrogen (secondary N) is 1. The fourth-order valence-electron chi connectivity index (χ4n) is 4.78. The lowest BCUT2D eigenvalue weighted by molar-refractivity contribution is -0.138. The van der Waals surface area contributed by atoms with E-state index in [4.69, 9.17) is 0 Å². The van der Waals surface area contributed by atoms with Crippen LogP contribution in [0.25, 0.3) is 11.4 Å². The van der Waals surface area contributed by atoms with Crippen LogP contribution >= 0.6 is 0 Å². The Morgan fingerprint density at radius 2 is 1.82 bits per heavy atom. The van der Waals surface area contributed by atoms with E-state index in [1.807, 2.05) is 6.07 Å². The summed E-state index contributed by atoms with van der Waals surface area (Å²) in [5.74, 6) is -1.04. The van der Waals surface area contributed by atoms with E-state index in [2.05, 4.69) is 20.3 Å². The molecule has 1 amide bonds. The number of pyridine rings is 1. The van der Waals surface area contributed by atoms with Gasteiger partial charge in [-0.2, -0.15) is 13.2 Å². The highest BCUT2D eigenvalue weighted by atomic mass is 19.4. The van der Waals surface area contributed by atoms with Crippen LogP contribution in [0.3, 0.4) is 0 Å². The van der Waals surface area contributed by atoms with E-state index in [0.717, 1.165) is 6.42 Å². The molecule has 2 fully saturated rings. The number of anilines is 1. The lowest BCUT2D eigenvalue weighted by Gasteiger charge is -2.26. The second-order valence-corrected chi connectivity index (χ2v) is 8.17. The van der Waals surface area contributed by atoms with E-state index >= 15 is 0 Å². The Morgan fingerprint density at radius 3 is 2.55 bits per heavy atom. The van der Waals surface area contributed by atoms with Gasteiger partial charge in [-0.1, -0.05) is 18.2 Å². The molecule has 3 aromatic rings. The molecule has 0 radical (unpaired) electrons. The van der Waals surface area contributed by atoms with Crippen molar-refractivity contribution in [2.45, 2.75) is 43.6 Å². The molecule has 3 atom stereocenters. The fourth-order valence-corrected chi connectivity index (χ4v) is 4.78. The smallest absolute Gasteiger partial charge is 0.363 e. The second-order valence-electron chi connectivity index (χ2n) is 8.17. The summed E-state index contributed by atoms with van der Waals surface area (Å²) in [6, 6.07) is 8.63. The van der Waals surface area contributed by atoms with Gasteiger partial charge in [-0.15, -0.1) is 0 Å². The molecule has 2 aliphatic heterocycles. The first-order chi connectivity index (χ1) is 15.8. The van der Waals surface area contributed by atoms with Crippen molar-refractivity contribution in [2.24, 2.45) is 0 Å². The van der Waals surface area contributed by atoms with Gasteiger partial charge in [-0.05, 0) is 37.5 Å². The van der Waals surface area contributed by atoms with Crippen molar-refractivity contribution < 1.29 is 22.4 Å². The van der Waals surface area contributed by atoms with Crippen LogP contribution in [0.2, 0.25) is 0 Å². The molecule has 4 heterocycles. The van der Waals surface area contributed by atoms with Crippen molar-refractivity contribution in [2.75, 3.05) is 5.32 Å². The summed E-state index contributed by atoms with van der Waals surface area (Å²) in [5.41, 5.74) is -0.0514. The first-order valence-corrected chi connectivity index (χ1v) is 10.5. The Bertz CT molecular complexity index is 1190. The molecule has 2 saturated heterocycles. The molecule has 0 spiro atoms. The number of carbonyl (C=O) groups excluding carboxylic acids is 1. The van der Waals surface area contributed by atoms with Crippen LogP contribution in [-0.4, -0.2) is 43.9 Å². The third kappa shape index (κ3) is 3.90. The SMILES string of the molecule is O=C(c1ccccc1-c1ncccn1)N1C2CCC1C(Nc1ncc(C(F)(F)F)cc1F)C2. The molecule has 2 bridgehead atoms. The normalized spacial score (nSPS) is 21.9. The summed E-state index contributed by atoms with van der Waals surface area (Å²) in [5, 5.41) is 2.93. The van der Waals surface area contributed by atoms with E-state index in [9.17, 15) is 22.4 Å². The fraction of sp³-hybridized carbons (Fsp3) is 0.304. The summed E-state index contributed by atoms with van der Waals surface area (Å²) >= 11 is 0. The number of fused-ring (bicyclic) bond motifs is 2. The molecule has 6 nitrogen and oxygen atoms in total. The molecule has 170 valence electrons. The van der Waals surface area contributed by atoms with E-state index in [-0.39, 0.29) is 29.9 Å². The predicted octanol–water partition coefficient (Wildman–Crippen LogP) is 4.55. The average molecular weight is 457 g/mol. The Labute approximate surface area is 186 Å². The number of aromatic nitrogens is 3. The first-order valence-electron chi connectivity index (χ1n) is 10.5. The summed E-state index contributed by atoms with van der Waals surface area (Å²) < 4.78 is 52.7. The van der Waals surface area contributed by atoms with E-state index in [0.29, 0.717) is 42.1 Å². The summed E-state index contributed by atoms with van der Waals surface area (Å²) in [6.07, 6.45) is 1.23. The van der Waals surface area contributed by atoms with Crippen LogP contribution in [0.15, 0.2) is 55.0 Å². The quantitative estimate of drug-likeness (QED) is 0.582. The maximum Gasteiger partial charge on any atom is 0.417 e. The molecule has 2 aromatic heterocycles. The molecule has 2 aliphatic rings. The highest BCUT2D eigenvalue weighted by molar-refractivity contribution is 6.00. The van der Waals surface area contributed by atoms with Gasteiger partial charge in [0.15, 0.2) is 17.5 Å². The molecule has 0 aliphatic carbocycles. The summed E-state index contributed by atoms with van der Waals surface area (Å²) in [6.45, 7) is 0. The number of carbonyl (C=O) groups is 1. The van der Waals surface area contributed by atoms with Gasteiger partial charge in [0.05, 0.1) is 23.2 Å². The van der Waals surface area contributed by atoms with Gasteiger partial charge in [0.2, 0.25) is 0 Å².